The van der Waals surface area contributed by atoms with Gasteiger partial charge < -0.3 is 24.8 Å². The molecule has 0 rings (SSSR count). The lowest BCUT2D eigenvalue weighted by Crippen LogP contribution is -2.47. The first kappa shape index (κ1) is 19.7. The summed E-state index contributed by atoms with van der Waals surface area (Å²) in [5, 5.41) is 11.7. The molecule has 2 N–H and O–H groups in total. The highest BCUT2D eigenvalue weighted by atomic mass is 16.5. The zero-order valence-corrected chi connectivity index (χ0v) is 13.3. The molecule has 0 heterocycles. The lowest BCUT2D eigenvalue weighted by molar-refractivity contribution is -0.137. The summed E-state index contributed by atoms with van der Waals surface area (Å²) < 4.78 is 9.98. The standard InChI is InChI=1S/C14H28N2O5/c1-4-6-12(11-13(17)18)15-14(19)16(8-10-21-3)7-5-9-20-2/h12H,4-11H2,1-3H3,(H,15,19)(H,17,18). The van der Waals surface area contributed by atoms with Gasteiger partial charge in [-0.05, 0) is 12.8 Å². The first-order valence-electron chi connectivity index (χ1n) is 7.30. The maximum absolute atomic E-state index is 12.2. The molecule has 0 bridgehead atoms. The topological polar surface area (TPSA) is 88.1 Å². The normalized spacial score (nSPS) is 12.0. The number of nitrogens with one attached hydrogen (secondary N) is 1. The fraction of sp³-hybridized carbons (Fsp3) is 0.857. The van der Waals surface area contributed by atoms with E-state index in [1.807, 2.05) is 6.92 Å². The second-order valence-electron chi connectivity index (χ2n) is 4.86. The summed E-state index contributed by atoms with van der Waals surface area (Å²) in [6, 6.07) is -0.588. The molecule has 0 aliphatic rings. The van der Waals surface area contributed by atoms with Gasteiger partial charge in [-0.1, -0.05) is 13.3 Å². The van der Waals surface area contributed by atoms with Crippen molar-refractivity contribution in [2.24, 2.45) is 0 Å². The van der Waals surface area contributed by atoms with Crippen molar-refractivity contribution in [3.63, 3.8) is 0 Å². The maximum Gasteiger partial charge on any atom is 0.317 e. The van der Waals surface area contributed by atoms with E-state index >= 15 is 0 Å². The van der Waals surface area contributed by atoms with Crippen molar-refractivity contribution in [1.29, 1.82) is 0 Å². The van der Waals surface area contributed by atoms with E-state index in [0.717, 1.165) is 12.8 Å². The Kier molecular flexibility index (Phi) is 11.6. The van der Waals surface area contributed by atoms with Crippen molar-refractivity contribution >= 4 is 12.0 Å². The lowest BCUT2D eigenvalue weighted by Gasteiger charge is -2.25. The maximum atomic E-state index is 12.2. The molecule has 2 amide bonds. The Morgan fingerprint density at radius 2 is 1.86 bits per heavy atom. The van der Waals surface area contributed by atoms with Gasteiger partial charge in [0, 0.05) is 40.0 Å². The third-order valence-corrected chi connectivity index (χ3v) is 3.01. The highest BCUT2D eigenvalue weighted by Gasteiger charge is 2.19. The summed E-state index contributed by atoms with van der Waals surface area (Å²) in [4.78, 5) is 24.7. The summed E-state index contributed by atoms with van der Waals surface area (Å²) in [5.41, 5.74) is 0. The van der Waals surface area contributed by atoms with Crippen molar-refractivity contribution in [2.75, 3.05) is 40.5 Å². The molecule has 0 spiro atoms. The van der Waals surface area contributed by atoms with Gasteiger partial charge >= 0.3 is 12.0 Å². The third-order valence-electron chi connectivity index (χ3n) is 3.01. The molecule has 0 aromatic carbocycles. The van der Waals surface area contributed by atoms with Gasteiger partial charge in [-0.25, -0.2) is 4.79 Å². The average molecular weight is 304 g/mol. The summed E-state index contributed by atoms with van der Waals surface area (Å²) >= 11 is 0. The van der Waals surface area contributed by atoms with Gasteiger partial charge in [0.25, 0.3) is 0 Å². The Hall–Kier alpha value is -1.34. The third kappa shape index (κ3) is 10.1. The zero-order valence-electron chi connectivity index (χ0n) is 13.3. The highest BCUT2D eigenvalue weighted by Crippen LogP contribution is 2.04. The number of methoxy groups -OCH3 is 2. The monoisotopic (exact) mass is 304 g/mol. The Morgan fingerprint density at radius 1 is 1.19 bits per heavy atom. The van der Waals surface area contributed by atoms with E-state index in [9.17, 15) is 9.59 Å². The first-order valence-corrected chi connectivity index (χ1v) is 7.30. The van der Waals surface area contributed by atoms with Crippen LogP contribution in [-0.2, 0) is 14.3 Å². The molecular weight excluding hydrogens is 276 g/mol. The van der Waals surface area contributed by atoms with Crippen molar-refractivity contribution in [2.45, 2.75) is 38.6 Å². The van der Waals surface area contributed by atoms with Crippen LogP contribution >= 0.6 is 0 Å². The minimum Gasteiger partial charge on any atom is -0.481 e. The molecule has 0 radical (unpaired) electrons. The van der Waals surface area contributed by atoms with Gasteiger partial charge in [-0.15, -0.1) is 0 Å². The average Bonchev–Trinajstić information content (AvgIpc) is 2.42. The Bertz CT molecular complexity index is 299. The van der Waals surface area contributed by atoms with Crippen LogP contribution in [0.2, 0.25) is 0 Å². The summed E-state index contributed by atoms with van der Waals surface area (Å²) in [5.74, 6) is -0.906. The van der Waals surface area contributed by atoms with Gasteiger partial charge in [0.2, 0.25) is 0 Å². The van der Waals surface area contributed by atoms with E-state index in [2.05, 4.69) is 5.32 Å². The predicted octanol–water partition coefficient (Wildman–Crippen LogP) is 1.32. The van der Waals surface area contributed by atoms with Crippen LogP contribution in [0.4, 0.5) is 4.79 Å². The van der Waals surface area contributed by atoms with E-state index in [1.165, 1.54) is 0 Å². The van der Waals surface area contributed by atoms with Crippen LogP contribution in [0.15, 0.2) is 0 Å². The van der Waals surface area contributed by atoms with Crippen molar-refractivity contribution in [1.82, 2.24) is 10.2 Å². The molecule has 0 fully saturated rings. The molecule has 0 saturated heterocycles. The van der Waals surface area contributed by atoms with E-state index in [-0.39, 0.29) is 18.5 Å². The number of amides is 2. The Balaban J connectivity index is 4.47. The molecule has 0 aromatic rings. The number of ether oxygens (including phenoxy) is 2. The fourth-order valence-corrected chi connectivity index (χ4v) is 1.97. The van der Waals surface area contributed by atoms with Crippen molar-refractivity contribution < 1.29 is 24.2 Å². The van der Waals surface area contributed by atoms with Crippen LogP contribution < -0.4 is 5.32 Å². The van der Waals surface area contributed by atoms with Gasteiger partial charge in [0.15, 0.2) is 0 Å². The van der Waals surface area contributed by atoms with Crippen LogP contribution in [0.25, 0.3) is 0 Å². The number of carbonyl (C=O) groups is 2. The van der Waals surface area contributed by atoms with Gasteiger partial charge in [0.1, 0.15) is 0 Å². The summed E-state index contributed by atoms with van der Waals surface area (Å²) in [6.45, 7) is 4.00. The minimum absolute atomic E-state index is 0.0598. The molecule has 0 aliphatic carbocycles. The molecule has 7 nitrogen and oxygen atoms in total. The second kappa shape index (κ2) is 12.4. The van der Waals surface area contributed by atoms with E-state index < -0.39 is 5.97 Å². The van der Waals surface area contributed by atoms with Crippen molar-refractivity contribution in [3.05, 3.63) is 0 Å². The quantitative estimate of drug-likeness (QED) is 0.531. The first-order chi connectivity index (χ1) is 10.0. The lowest BCUT2D eigenvalue weighted by atomic mass is 10.1. The largest absolute Gasteiger partial charge is 0.481 e. The van der Waals surface area contributed by atoms with E-state index in [1.54, 1.807) is 19.1 Å². The summed E-state index contributed by atoms with van der Waals surface area (Å²) in [6.07, 6.45) is 2.13. The number of aliphatic carboxylic acids is 1. The van der Waals surface area contributed by atoms with Gasteiger partial charge in [-0.3, -0.25) is 4.79 Å². The molecule has 1 atom stereocenters. The number of hydrogen-bond acceptors (Lipinski definition) is 4. The number of urea groups is 1. The molecule has 0 saturated carbocycles. The summed E-state index contributed by atoms with van der Waals surface area (Å²) in [7, 11) is 3.19. The minimum atomic E-state index is -0.906. The number of nitrogens with zero attached hydrogens (tertiary/aromatic N) is 1. The SMILES string of the molecule is CCCC(CC(=O)O)NC(=O)N(CCCOC)CCOC. The van der Waals surface area contributed by atoms with Gasteiger partial charge in [0.05, 0.1) is 13.0 Å². The molecule has 0 aromatic heterocycles. The van der Waals surface area contributed by atoms with Gasteiger partial charge in [-0.2, -0.15) is 0 Å². The number of carbonyl (C=O) groups excluding carboxylic acids is 1. The number of carboxylic acid groups (broad SMARTS) is 1. The molecule has 124 valence electrons. The van der Waals surface area contributed by atoms with E-state index in [0.29, 0.717) is 32.7 Å². The smallest absolute Gasteiger partial charge is 0.317 e. The van der Waals surface area contributed by atoms with Crippen LogP contribution in [0, 0.1) is 0 Å². The predicted molar refractivity (Wildman–Crippen MR) is 79.4 cm³/mol. The number of rotatable bonds is 12. The molecule has 21 heavy (non-hydrogen) atoms. The van der Waals surface area contributed by atoms with Crippen LogP contribution in [-0.4, -0.2) is 68.6 Å². The Labute approximate surface area is 126 Å². The fourth-order valence-electron chi connectivity index (χ4n) is 1.97. The highest BCUT2D eigenvalue weighted by molar-refractivity contribution is 5.76. The van der Waals surface area contributed by atoms with Crippen molar-refractivity contribution in [3.8, 4) is 0 Å². The molecule has 1 unspecified atom stereocenters. The molecule has 7 heteroatoms. The van der Waals surface area contributed by atoms with Crippen LogP contribution in [0.1, 0.15) is 32.6 Å². The Morgan fingerprint density at radius 3 is 2.38 bits per heavy atom. The zero-order chi connectivity index (χ0) is 16.1. The number of carboxylic acids is 1. The van der Waals surface area contributed by atoms with E-state index in [4.69, 9.17) is 14.6 Å². The molecular formula is C14H28N2O5. The number of hydrogen-bond donors (Lipinski definition) is 2. The molecule has 0 aliphatic heterocycles. The second-order valence-corrected chi connectivity index (χ2v) is 4.86. The van der Waals surface area contributed by atoms with Crippen LogP contribution in [0.5, 0.6) is 0 Å². The van der Waals surface area contributed by atoms with Crippen LogP contribution in [0.3, 0.4) is 0 Å².